The number of hydrogen-bond acceptors (Lipinski definition) is 3. The van der Waals surface area contributed by atoms with Gasteiger partial charge in [-0.15, -0.1) is 0 Å². The molecule has 26 heavy (non-hydrogen) atoms. The van der Waals surface area contributed by atoms with Crippen molar-refractivity contribution in [1.29, 1.82) is 0 Å². The van der Waals surface area contributed by atoms with Crippen LogP contribution in [0.2, 0.25) is 0 Å². The molecular weight excluding hydrogens is 324 g/mol. The van der Waals surface area contributed by atoms with Crippen molar-refractivity contribution in [2.75, 3.05) is 0 Å². The van der Waals surface area contributed by atoms with E-state index in [1.165, 1.54) is 11.1 Å². The molecule has 3 aromatic rings. The first-order valence-electron chi connectivity index (χ1n) is 9.08. The van der Waals surface area contributed by atoms with Crippen LogP contribution in [0.3, 0.4) is 0 Å². The van der Waals surface area contributed by atoms with E-state index in [2.05, 4.69) is 39.7 Å². The molecule has 1 N–H and O–H groups in total. The fourth-order valence-electron chi connectivity index (χ4n) is 4.41. The first-order chi connectivity index (χ1) is 12.8. The highest BCUT2D eigenvalue weighted by Gasteiger charge is 2.61. The highest BCUT2D eigenvalue weighted by molar-refractivity contribution is 5.85. The number of aryl methyl sites for hydroxylation is 1. The number of nitrogens with one attached hydrogen (secondary N) is 1. The molecule has 1 fully saturated rings. The maximum Gasteiger partial charge on any atom is 0.224 e. The Morgan fingerprint density at radius 2 is 2.12 bits per heavy atom. The maximum absolute atomic E-state index is 12.8. The zero-order chi connectivity index (χ0) is 17.6. The Morgan fingerprint density at radius 1 is 1.19 bits per heavy atom. The van der Waals surface area contributed by atoms with Gasteiger partial charge in [-0.25, -0.2) is 9.67 Å². The standard InChI is InChI=1S/C21H20N4O/c26-20(18-13-21(18)9-8-15-5-1-2-7-17(15)21)23-14-16-6-3-10-22-19(16)25-12-4-11-24-25/h1-7,10-12,18H,8-9,13-14H2,(H,23,26)/t18-,21-/m0/s1. The largest absolute Gasteiger partial charge is 0.352 e. The van der Waals surface area contributed by atoms with Crippen LogP contribution in [0, 0.1) is 5.92 Å². The number of carbonyl (C=O) groups is 1. The maximum atomic E-state index is 12.8. The average molecular weight is 344 g/mol. The molecule has 0 aliphatic heterocycles. The Hall–Kier alpha value is -2.95. The summed E-state index contributed by atoms with van der Waals surface area (Å²) < 4.78 is 1.73. The van der Waals surface area contributed by atoms with E-state index in [1.807, 2.05) is 24.4 Å². The third-order valence-electron chi connectivity index (χ3n) is 5.83. The number of pyridine rings is 1. The lowest BCUT2D eigenvalue weighted by molar-refractivity contribution is -0.122. The molecule has 0 radical (unpaired) electrons. The molecule has 2 aromatic heterocycles. The van der Waals surface area contributed by atoms with E-state index in [9.17, 15) is 4.79 Å². The molecule has 0 unspecified atom stereocenters. The monoisotopic (exact) mass is 344 g/mol. The van der Waals surface area contributed by atoms with Crippen LogP contribution in [0.1, 0.15) is 29.5 Å². The number of rotatable bonds is 4. The van der Waals surface area contributed by atoms with Crippen LogP contribution in [-0.2, 0) is 23.2 Å². The van der Waals surface area contributed by atoms with Gasteiger partial charge in [0.25, 0.3) is 0 Å². The van der Waals surface area contributed by atoms with E-state index in [-0.39, 0.29) is 17.2 Å². The van der Waals surface area contributed by atoms with Crippen molar-refractivity contribution in [1.82, 2.24) is 20.1 Å². The second kappa shape index (κ2) is 5.80. The molecule has 1 aromatic carbocycles. The minimum absolute atomic E-state index is 0.0838. The molecule has 130 valence electrons. The van der Waals surface area contributed by atoms with Crippen molar-refractivity contribution in [3.63, 3.8) is 0 Å². The number of amides is 1. The van der Waals surface area contributed by atoms with E-state index in [0.29, 0.717) is 6.54 Å². The topological polar surface area (TPSA) is 59.8 Å². The van der Waals surface area contributed by atoms with Crippen LogP contribution in [0.4, 0.5) is 0 Å². The lowest BCUT2D eigenvalue weighted by Gasteiger charge is -2.13. The van der Waals surface area contributed by atoms with Gasteiger partial charge < -0.3 is 5.32 Å². The zero-order valence-corrected chi connectivity index (χ0v) is 14.4. The summed E-state index contributed by atoms with van der Waals surface area (Å²) in [6, 6.07) is 14.3. The first kappa shape index (κ1) is 15.3. The fraction of sp³-hybridized carbons (Fsp3) is 0.286. The molecule has 5 rings (SSSR count). The number of fused-ring (bicyclic) bond motifs is 2. The molecule has 2 aliphatic carbocycles. The van der Waals surface area contributed by atoms with Crippen molar-refractivity contribution >= 4 is 5.91 Å². The summed E-state index contributed by atoms with van der Waals surface area (Å²) in [7, 11) is 0. The average Bonchev–Trinajstić information content (AvgIpc) is 3.02. The summed E-state index contributed by atoms with van der Waals surface area (Å²) in [5.41, 5.74) is 3.85. The quantitative estimate of drug-likeness (QED) is 0.792. The van der Waals surface area contributed by atoms with Crippen LogP contribution in [0.5, 0.6) is 0 Å². The van der Waals surface area contributed by atoms with Crippen LogP contribution in [-0.4, -0.2) is 20.7 Å². The number of carbonyl (C=O) groups excluding carboxylic acids is 1. The summed E-state index contributed by atoms with van der Waals surface area (Å²) in [6.07, 6.45) is 8.48. The third kappa shape index (κ3) is 2.35. The van der Waals surface area contributed by atoms with Gasteiger partial charge in [0.2, 0.25) is 5.91 Å². The summed E-state index contributed by atoms with van der Waals surface area (Å²) in [6.45, 7) is 0.468. The summed E-state index contributed by atoms with van der Waals surface area (Å²) in [5, 5.41) is 7.37. The lowest BCUT2D eigenvalue weighted by Crippen LogP contribution is -2.28. The van der Waals surface area contributed by atoms with Crippen LogP contribution < -0.4 is 5.32 Å². The number of benzene rings is 1. The van der Waals surface area contributed by atoms with Crippen molar-refractivity contribution in [2.24, 2.45) is 5.92 Å². The Balaban J connectivity index is 1.31. The minimum atomic E-state index is 0.0838. The van der Waals surface area contributed by atoms with Crippen LogP contribution in [0.25, 0.3) is 5.82 Å². The first-order valence-corrected chi connectivity index (χ1v) is 9.08. The molecule has 2 heterocycles. The molecular formula is C21H20N4O. The number of hydrogen-bond donors (Lipinski definition) is 1. The van der Waals surface area contributed by atoms with Crippen LogP contribution in [0.15, 0.2) is 61.1 Å². The number of nitrogens with zero attached hydrogens (tertiary/aromatic N) is 3. The van der Waals surface area contributed by atoms with Gasteiger partial charge in [0.1, 0.15) is 0 Å². The molecule has 1 spiro atoms. The predicted octanol–water partition coefficient (Wildman–Crippen LogP) is 2.79. The second-order valence-electron chi connectivity index (χ2n) is 7.22. The Labute approximate surface area is 152 Å². The smallest absolute Gasteiger partial charge is 0.224 e. The van der Waals surface area contributed by atoms with Gasteiger partial charge >= 0.3 is 0 Å². The van der Waals surface area contributed by atoms with E-state index in [1.54, 1.807) is 17.1 Å². The van der Waals surface area contributed by atoms with Crippen molar-refractivity contribution in [3.8, 4) is 5.82 Å². The normalized spacial score (nSPS) is 23.0. The van der Waals surface area contributed by atoms with E-state index in [4.69, 9.17) is 0 Å². The third-order valence-corrected chi connectivity index (χ3v) is 5.83. The molecule has 0 saturated heterocycles. The molecule has 1 amide bonds. The highest BCUT2D eigenvalue weighted by atomic mass is 16.2. The zero-order valence-electron chi connectivity index (χ0n) is 14.4. The van der Waals surface area contributed by atoms with Gasteiger partial charge in [0, 0.05) is 42.0 Å². The molecule has 0 bridgehead atoms. The molecule has 1 saturated carbocycles. The summed E-state index contributed by atoms with van der Waals surface area (Å²) in [5.74, 6) is 1.00. The van der Waals surface area contributed by atoms with Crippen molar-refractivity contribution < 1.29 is 4.79 Å². The SMILES string of the molecule is O=C(NCc1cccnc1-n1cccn1)[C@@H]1C[C@]12CCc1ccccc12. The summed E-state index contributed by atoms with van der Waals surface area (Å²) in [4.78, 5) is 17.2. The molecule has 2 aliphatic rings. The second-order valence-corrected chi connectivity index (χ2v) is 7.22. The van der Waals surface area contributed by atoms with E-state index < -0.39 is 0 Å². The van der Waals surface area contributed by atoms with E-state index in [0.717, 1.165) is 30.6 Å². The Morgan fingerprint density at radius 3 is 3.00 bits per heavy atom. The van der Waals surface area contributed by atoms with Gasteiger partial charge in [0.05, 0.1) is 0 Å². The van der Waals surface area contributed by atoms with Crippen molar-refractivity contribution in [3.05, 3.63) is 77.7 Å². The minimum Gasteiger partial charge on any atom is -0.352 e. The van der Waals surface area contributed by atoms with Gasteiger partial charge in [0.15, 0.2) is 5.82 Å². The fourth-order valence-corrected chi connectivity index (χ4v) is 4.41. The molecule has 2 atom stereocenters. The Bertz CT molecular complexity index is 966. The molecule has 5 heteroatoms. The molecule has 5 nitrogen and oxygen atoms in total. The van der Waals surface area contributed by atoms with E-state index >= 15 is 0 Å². The predicted molar refractivity (Wildman–Crippen MR) is 97.8 cm³/mol. The van der Waals surface area contributed by atoms with Gasteiger partial charge in [-0.05, 0) is 42.5 Å². The summed E-state index contributed by atoms with van der Waals surface area (Å²) >= 11 is 0. The lowest BCUT2D eigenvalue weighted by atomic mass is 9.95. The van der Waals surface area contributed by atoms with Gasteiger partial charge in [-0.2, -0.15) is 5.10 Å². The highest BCUT2D eigenvalue weighted by Crippen LogP contribution is 2.61. The number of aromatic nitrogens is 3. The van der Waals surface area contributed by atoms with Gasteiger partial charge in [-0.1, -0.05) is 30.3 Å². The van der Waals surface area contributed by atoms with Crippen LogP contribution >= 0.6 is 0 Å². The van der Waals surface area contributed by atoms with Gasteiger partial charge in [-0.3, -0.25) is 4.79 Å². The Kier molecular flexibility index (Phi) is 3.42. The van der Waals surface area contributed by atoms with Crippen molar-refractivity contribution in [2.45, 2.75) is 31.2 Å².